The first-order valence-corrected chi connectivity index (χ1v) is 13.6. The summed E-state index contributed by atoms with van der Waals surface area (Å²) in [5.41, 5.74) is 5.00. The van der Waals surface area contributed by atoms with Crippen LogP contribution in [0.15, 0.2) is 63.6 Å². The number of halogens is 2. The number of aromatic nitrogens is 2. The molecule has 2 heterocycles. The fraction of sp³-hybridized carbons (Fsp3) is 0.200. The maximum absolute atomic E-state index is 13.7. The number of benzene rings is 2. The van der Waals surface area contributed by atoms with Gasteiger partial charge in [-0.2, -0.15) is 5.10 Å². The maximum Gasteiger partial charge on any atom is 0.267 e. The van der Waals surface area contributed by atoms with Gasteiger partial charge < -0.3 is 0 Å². The van der Waals surface area contributed by atoms with Gasteiger partial charge in [0.1, 0.15) is 4.83 Å². The lowest BCUT2D eigenvalue weighted by atomic mass is 9.97. The third kappa shape index (κ3) is 5.16. The van der Waals surface area contributed by atoms with Crippen LogP contribution in [-0.4, -0.2) is 27.4 Å². The van der Waals surface area contributed by atoms with Gasteiger partial charge in [0.15, 0.2) is 5.16 Å². The zero-order valence-electron chi connectivity index (χ0n) is 18.5. The van der Waals surface area contributed by atoms with Gasteiger partial charge in [-0.25, -0.2) is 10.4 Å². The van der Waals surface area contributed by atoms with Crippen LogP contribution in [0, 0.1) is 0 Å². The third-order valence-corrected chi connectivity index (χ3v) is 8.51. The number of amides is 1. The molecule has 4 aromatic rings. The fourth-order valence-corrected chi connectivity index (χ4v) is 6.44. The van der Waals surface area contributed by atoms with Crippen molar-refractivity contribution in [2.24, 2.45) is 5.10 Å². The molecule has 0 saturated heterocycles. The monoisotopic (exact) mass is 542 g/mol. The van der Waals surface area contributed by atoms with E-state index in [1.807, 2.05) is 30.3 Å². The highest BCUT2D eigenvalue weighted by Gasteiger charge is 2.23. The van der Waals surface area contributed by atoms with Crippen molar-refractivity contribution >= 4 is 68.6 Å². The van der Waals surface area contributed by atoms with E-state index in [0.717, 1.165) is 41.8 Å². The lowest BCUT2D eigenvalue weighted by Gasteiger charge is -2.13. The van der Waals surface area contributed by atoms with Crippen molar-refractivity contribution in [3.8, 4) is 5.69 Å². The van der Waals surface area contributed by atoms with Crippen LogP contribution in [0.2, 0.25) is 10.0 Å². The molecule has 1 aliphatic carbocycles. The number of hydrazone groups is 1. The van der Waals surface area contributed by atoms with Crippen LogP contribution in [-0.2, 0) is 17.6 Å². The number of thioether (sulfide) groups is 1. The summed E-state index contributed by atoms with van der Waals surface area (Å²) in [6, 6.07) is 14.5. The second-order valence-corrected chi connectivity index (χ2v) is 10.9. The lowest BCUT2D eigenvalue weighted by Crippen LogP contribution is -2.24. The number of nitrogens with one attached hydrogen (secondary N) is 1. The predicted octanol–water partition coefficient (Wildman–Crippen LogP) is 5.88. The molecule has 5 rings (SSSR count). The van der Waals surface area contributed by atoms with Crippen molar-refractivity contribution in [3.63, 3.8) is 0 Å². The molecule has 0 atom stereocenters. The van der Waals surface area contributed by atoms with E-state index in [1.54, 1.807) is 34.1 Å². The van der Waals surface area contributed by atoms with E-state index < -0.39 is 0 Å². The number of hydrogen-bond donors (Lipinski definition) is 1. The maximum atomic E-state index is 13.7. The molecule has 0 aliphatic heterocycles. The number of carbonyl (C=O) groups is 1. The predicted molar refractivity (Wildman–Crippen MR) is 145 cm³/mol. The standard InChI is InChI=1S/C25H20Cl2N4O2S2/c26-18-11-10-15(12-19(18)27)13-28-30-21(32)14-34-25-29-23-22(17-8-4-5-9-20(17)35-23)24(33)31(25)16-6-2-1-3-7-16/h1-3,6-7,10-13H,4-5,8-9,14H2,(H,30,32). The summed E-state index contributed by atoms with van der Waals surface area (Å²) in [5, 5.41) is 6.05. The number of hydrogen-bond acceptors (Lipinski definition) is 6. The molecule has 178 valence electrons. The molecule has 0 bridgehead atoms. The molecule has 2 aromatic heterocycles. The van der Waals surface area contributed by atoms with Gasteiger partial charge in [0.2, 0.25) is 0 Å². The number of fused-ring (bicyclic) bond motifs is 3. The van der Waals surface area contributed by atoms with Gasteiger partial charge in [-0.15, -0.1) is 11.3 Å². The molecular formula is C25H20Cl2N4O2S2. The normalized spacial score (nSPS) is 13.3. The van der Waals surface area contributed by atoms with Crippen molar-refractivity contribution in [3.05, 3.63) is 84.9 Å². The summed E-state index contributed by atoms with van der Waals surface area (Å²) in [5.74, 6) is -0.264. The van der Waals surface area contributed by atoms with Crippen molar-refractivity contribution in [2.75, 3.05) is 5.75 Å². The first-order valence-electron chi connectivity index (χ1n) is 11.0. The highest BCUT2D eigenvalue weighted by Crippen LogP contribution is 2.35. The van der Waals surface area contributed by atoms with Gasteiger partial charge in [-0.05, 0) is 61.1 Å². The smallest absolute Gasteiger partial charge is 0.267 e. The Labute approximate surface area is 220 Å². The van der Waals surface area contributed by atoms with Crippen LogP contribution in [0.4, 0.5) is 0 Å². The minimum absolute atomic E-state index is 0.0502. The summed E-state index contributed by atoms with van der Waals surface area (Å²) in [6.07, 6.45) is 5.61. The van der Waals surface area contributed by atoms with Crippen molar-refractivity contribution in [1.82, 2.24) is 15.0 Å². The van der Waals surface area contributed by atoms with Crippen LogP contribution in [0.25, 0.3) is 15.9 Å². The number of nitrogens with zero attached hydrogens (tertiary/aromatic N) is 3. The van der Waals surface area contributed by atoms with Gasteiger partial charge in [-0.1, -0.05) is 59.2 Å². The van der Waals surface area contributed by atoms with Crippen LogP contribution in [0.3, 0.4) is 0 Å². The Balaban J connectivity index is 1.40. The number of thiophene rings is 1. The quantitative estimate of drug-likeness (QED) is 0.143. The van der Waals surface area contributed by atoms with Gasteiger partial charge in [-0.3, -0.25) is 14.2 Å². The molecule has 35 heavy (non-hydrogen) atoms. The Morgan fingerprint density at radius 2 is 1.94 bits per heavy atom. The van der Waals surface area contributed by atoms with Crippen LogP contribution >= 0.6 is 46.3 Å². The van der Waals surface area contributed by atoms with E-state index in [9.17, 15) is 9.59 Å². The molecule has 0 fully saturated rings. The van der Waals surface area contributed by atoms with Crippen LogP contribution < -0.4 is 11.0 Å². The third-order valence-electron chi connectivity index (χ3n) is 5.65. The number of para-hydroxylation sites is 1. The van der Waals surface area contributed by atoms with Gasteiger partial charge in [0.25, 0.3) is 11.5 Å². The van der Waals surface area contributed by atoms with E-state index in [2.05, 4.69) is 10.5 Å². The highest BCUT2D eigenvalue weighted by molar-refractivity contribution is 7.99. The number of carbonyl (C=O) groups excluding carboxylic acids is 1. The van der Waals surface area contributed by atoms with Gasteiger partial charge in [0.05, 0.1) is 33.1 Å². The average Bonchev–Trinajstić information content (AvgIpc) is 3.24. The summed E-state index contributed by atoms with van der Waals surface area (Å²) in [6.45, 7) is 0. The molecule has 0 radical (unpaired) electrons. The van der Waals surface area contributed by atoms with E-state index in [0.29, 0.717) is 26.2 Å². The molecule has 2 aromatic carbocycles. The first kappa shape index (κ1) is 24.1. The summed E-state index contributed by atoms with van der Waals surface area (Å²) >= 11 is 14.7. The molecule has 0 spiro atoms. The molecule has 0 saturated carbocycles. The van der Waals surface area contributed by atoms with Crippen molar-refractivity contribution in [2.45, 2.75) is 30.8 Å². The lowest BCUT2D eigenvalue weighted by molar-refractivity contribution is -0.118. The fourth-order valence-electron chi connectivity index (χ4n) is 4.02. The molecule has 1 amide bonds. The number of aryl methyl sites for hydroxylation is 2. The zero-order chi connectivity index (χ0) is 24.4. The van der Waals surface area contributed by atoms with Gasteiger partial charge in [0, 0.05) is 4.88 Å². The topological polar surface area (TPSA) is 76.3 Å². The Bertz CT molecular complexity index is 1500. The summed E-state index contributed by atoms with van der Waals surface area (Å²) < 4.78 is 1.61. The first-order chi connectivity index (χ1) is 17.0. The average molecular weight is 544 g/mol. The molecule has 10 heteroatoms. The second kappa shape index (κ2) is 10.5. The number of rotatable bonds is 6. The second-order valence-electron chi connectivity index (χ2n) is 8.02. The SMILES string of the molecule is O=C(CSc1nc2sc3c(c2c(=O)n1-c1ccccc1)CCCC3)NN=Cc1ccc(Cl)c(Cl)c1. The Hall–Kier alpha value is -2.65. The Morgan fingerprint density at radius 1 is 1.14 bits per heavy atom. The molecule has 1 aliphatic rings. The van der Waals surface area contributed by atoms with Crippen molar-refractivity contribution < 1.29 is 4.79 Å². The summed E-state index contributed by atoms with van der Waals surface area (Å²) in [4.78, 5) is 33.0. The Kier molecular flexibility index (Phi) is 7.24. The van der Waals surface area contributed by atoms with Crippen LogP contribution in [0.5, 0.6) is 0 Å². The molecule has 1 N–H and O–H groups in total. The van der Waals surface area contributed by atoms with E-state index >= 15 is 0 Å². The summed E-state index contributed by atoms with van der Waals surface area (Å²) in [7, 11) is 0. The van der Waals surface area contributed by atoms with Crippen molar-refractivity contribution in [1.29, 1.82) is 0 Å². The zero-order valence-corrected chi connectivity index (χ0v) is 21.6. The van der Waals surface area contributed by atoms with E-state index in [1.165, 1.54) is 22.9 Å². The highest BCUT2D eigenvalue weighted by atomic mass is 35.5. The Morgan fingerprint density at radius 3 is 2.74 bits per heavy atom. The van der Waals surface area contributed by atoms with E-state index in [-0.39, 0.29) is 17.2 Å². The minimum Gasteiger partial charge on any atom is -0.272 e. The molecule has 6 nitrogen and oxygen atoms in total. The van der Waals surface area contributed by atoms with E-state index in [4.69, 9.17) is 28.2 Å². The van der Waals surface area contributed by atoms with Gasteiger partial charge >= 0.3 is 0 Å². The molecule has 0 unspecified atom stereocenters. The minimum atomic E-state index is -0.314. The van der Waals surface area contributed by atoms with Crippen LogP contribution in [0.1, 0.15) is 28.8 Å². The largest absolute Gasteiger partial charge is 0.272 e. The molecular weight excluding hydrogens is 523 g/mol.